The molecular formula is C11H17N5O2S. The molecule has 1 aromatic rings. The normalized spacial score (nSPS) is 15.1. The molecule has 1 saturated heterocycles. The molecule has 0 aliphatic carbocycles. The van der Waals surface area contributed by atoms with Gasteiger partial charge < -0.3 is 10.2 Å². The van der Waals surface area contributed by atoms with Crippen molar-refractivity contribution in [3.05, 3.63) is 5.01 Å². The van der Waals surface area contributed by atoms with Crippen molar-refractivity contribution < 1.29 is 9.59 Å². The Balaban J connectivity index is 1.72. The Kier molecular flexibility index (Phi) is 4.67. The van der Waals surface area contributed by atoms with Gasteiger partial charge in [0.25, 0.3) is 0 Å². The summed E-state index contributed by atoms with van der Waals surface area (Å²) in [5.41, 5.74) is 0. The van der Waals surface area contributed by atoms with Gasteiger partial charge in [-0.05, 0) is 26.2 Å². The first kappa shape index (κ1) is 13.7. The fourth-order valence-electron chi connectivity index (χ4n) is 1.90. The van der Waals surface area contributed by atoms with Crippen molar-refractivity contribution in [2.75, 3.05) is 25.0 Å². The number of hydrogen-bond acceptors (Lipinski definition) is 5. The Morgan fingerprint density at radius 1 is 1.26 bits per heavy atom. The van der Waals surface area contributed by atoms with Crippen molar-refractivity contribution in [3.8, 4) is 0 Å². The Hall–Kier alpha value is -1.70. The Bertz CT molecular complexity index is 456. The van der Waals surface area contributed by atoms with Crippen LogP contribution in [0.25, 0.3) is 0 Å². The second-order valence-corrected chi connectivity index (χ2v) is 5.56. The van der Waals surface area contributed by atoms with Crippen molar-refractivity contribution in [2.24, 2.45) is 0 Å². The van der Waals surface area contributed by atoms with E-state index in [1.54, 1.807) is 11.8 Å². The third kappa shape index (κ3) is 4.16. The number of hydrogen-bond donors (Lipinski definition) is 2. The predicted molar refractivity (Wildman–Crippen MR) is 72.1 cm³/mol. The van der Waals surface area contributed by atoms with Crippen LogP contribution >= 0.6 is 11.3 Å². The van der Waals surface area contributed by atoms with E-state index < -0.39 is 6.03 Å². The summed E-state index contributed by atoms with van der Waals surface area (Å²) < 4.78 is 0. The highest BCUT2D eigenvalue weighted by Crippen LogP contribution is 2.13. The maximum atomic E-state index is 11.8. The minimum atomic E-state index is -0.429. The lowest BCUT2D eigenvalue weighted by atomic mass is 10.1. The standard InChI is InChI=1S/C11H17N5O2S/c1-8-14-15-11(19-8)13-10(18)12-7-9(17)16-5-3-2-4-6-16/h2-7H2,1H3,(H2,12,13,15,18). The lowest BCUT2D eigenvalue weighted by Gasteiger charge is -2.26. The molecule has 0 saturated carbocycles. The summed E-state index contributed by atoms with van der Waals surface area (Å²) in [7, 11) is 0. The largest absolute Gasteiger partial charge is 0.341 e. The zero-order valence-electron chi connectivity index (χ0n) is 10.8. The van der Waals surface area contributed by atoms with Crippen LogP contribution in [-0.2, 0) is 4.79 Å². The monoisotopic (exact) mass is 283 g/mol. The lowest BCUT2D eigenvalue weighted by molar-refractivity contribution is -0.130. The van der Waals surface area contributed by atoms with Gasteiger partial charge >= 0.3 is 6.03 Å². The molecule has 2 N–H and O–H groups in total. The first-order valence-corrected chi connectivity index (χ1v) is 7.09. The SMILES string of the molecule is Cc1nnc(NC(=O)NCC(=O)N2CCCCC2)s1. The Morgan fingerprint density at radius 3 is 2.63 bits per heavy atom. The van der Waals surface area contributed by atoms with Crippen molar-refractivity contribution in [2.45, 2.75) is 26.2 Å². The van der Waals surface area contributed by atoms with E-state index in [2.05, 4.69) is 20.8 Å². The van der Waals surface area contributed by atoms with Gasteiger partial charge in [-0.2, -0.15) is 0 Å². The van der Waals surface area contributed by atoms with Crippen LogP contribution in [0, 0.1) is 6.92 Å². The summed E-state index contributed by atoms with van der Waals surface area (Å²) in [4.78, 5) is 25.2. The predicted octanol–water partition coefficient (Wildman–Crippen LogP) is 0.981. The minimum absolute atomic E-state index is 0.0175. The van der Waals surface area contributed by atoms with Crippen LogP contribution in [0.2, 0.25) is 0 Å². The highest BCUT2D eigenvalue weighted by Gasteiger charge is 2.17. The number of urea groups is 1. The van der Waals surface area contributed by atoms with Crippen LogP contribution in [0.3, 0.4) is 0 Å². The molecule has 2 heterocycles. The van der Waals surface area contributed by atoms with Crippen LogP contribution in [-0.4, -0.2) is 46.7 Å². The maximum absolute atomic E-state index is 11.8. The molecule has 0 bridgehead atoms. The fraction of sp³-hybridized carbons (Fsp3) is 0.636. The van der Waals surface area contributed by atoms with Gasteiger partial charge in [-0.3, -0.25) is 10.1 Å². The van der Waals surface area contributed by atoms with E-state index in [-0.39, 0.29) is 12.5 Å². The van der Waals surface area contributed by atoms with Crippen molar-refractivity contribution in [1.29, 1.82) is 0 Å². The molecule has 8 heteroatoms. The number of likely N-dealkylation sites (tertiary alicyclic amines) is 1. The summed E-state index contributed by atoms with van der Waals surface area (Å²) in [6.45, 7) is 3.40. The molecule has 0 aromatic carbocycles. The highest BCUT2D eigenvalue weighted by molar-refractivity contribution is 7.15. The van der Waals surface area contributed by atoms with E-state index in [4.69, 9.17) is 0 Å². The van der Waals surface area contributed by atoms with Crippen molar-refractivity contribution in [3.63, 3.8) is 0 Å². The van der Waals surface area contributed by atoms with E-state index in [1.807, 2.05) is 0 Å². The second-order valence-electron chi connectivity index (χ2n) is 4.38. The number of rotatable bonds is 3. The van der Waals surface area contributed by atoms with Gasteiger partial charge in [-0.1, -0.05) is 11.3 Å². The average molecular weight is 283 g/mol. The molecule has 104 valence electrons. The molecule has 0 unspecified atom stereocenters. The number of anilines is 1. The molecule has 1 aromatic heterocycles. The van der Waals surface area contributed by atoms with E-state index in [0.717, 1.165) is 30.9 Å². The molecule has 2 rings (SSSR count). The number of nitrogens with one attached hydrogen (secondary N) is 2. The number of piperidine rings is 1. The Morgan fingerprint density at radius 2 is 2.00 bits per heavy atom. The van der Waals surface area contributed by atoms with Crippen LogP contribution in [0.1, 0.15) is 24.3 Å². The summed E-state index contributed by atoms with van der Waals surface area (Å²) in [5, 5.41) is 13.9. The quantitative estimate of drug-likeness (QED) is 0.865. The van der Waals surface area contributed by atoms with Gasteiger partial charge in [0.15, 0.2) is 0 Å². The third-order valence-electron chi connectivity index (χ3n) is 2.86. The summed E-state index contributed by atoms with van der Waals surface area (Å²) in [5.74, 6) is -0.0386. The maximum Gasteiger partial charge on any atom is 0.321 e. The Labute approximate surface area is 115 Å². The lowest BCUT2D eigenvalue weighted by Crippen LogP contribution is -2.43. The van der Waals surface area contributed by atoms with E-state index >= 15 is 0 Å². The molecular weight excluding hydrogens is 266 g/mol. The van der Waals surface area contributed by atoms with Crippen molar-refractivity contribution >= 4 is 28.4 Å². The fourth-order valence-corrected chi connectivity index (χ4v) is 2.49. The van der Waals surface area contributed by atoms with Crippen LogP contribution in [0.5, 0.6) is 0 Å². The molecule has 0 atom stereocenters. The molecule has 19 heavy (non-hydrogen) atoms. The van der Waals surface area contributed by atoms with Crippen LogP contribution < -0.4 is 10.6 Å². The average Bonchev–Trinajstić information content (AvgIpc) is 2.82. The molecule has 0 spiro atoms. The highest BCUT2D eigenvalue weighted by atomic mass is 32.1. The molecule has 1 fully saturated rings. The van der Waals surface area contributed by atoms with Crippen LogP contribution in [0.4, 0.5) is 9.93 Å². The number of amides is 3. The summed E-state index contributed by atoms with van der Waals surface area (Å²) in [6, 6.07) is -0.429. The number of aryl methyl sites for hydroxylation is 1. The molecule has 3 amide bonds. The molecule has 7 nitrogen and oxygen atoms in total. The molecule has 1 aliphatic heterocycles. The number of carbonyl (C=O) groups is 2. The molecule has 0 radical (unpaired) electrons. The second kappa shape index (κ2) is 6.46. The summed E-state index contributed by atoms with van der Waals surface area (Å²) >= 11 is 1.29. The minimum Gasteiger partial charge on any atom is -0.341 e. The van der Waals surface area contributed by atoms with Gasteiger partial charge in [0.05, 0.1) is 6.54 Å². The van der Waals surface area contributed by atoms with E-state index in [9.17, 15) is 9.59 Å². The first-order chi connectivity index (χ1) is 9.15. The smallest absolute Gasteiger partial charge is 0.321 e. The zero-order chi connectivity index (χ0) is 13.7. The first-order valence-electron chi connectivity index (χ1n) is 6.28. The topological polar surface area (TPSA) is 87.2 Å². The van der Waals surface area contributed by atoms with Gasteiger partial charge in [0, 0.05) is 13.1 Å². The van der Waals surface area contributed by atoms with E-state index in [0.29, 0.717) is 5.13 Å². The van der Waals surface area contributed by atoms with Gasteiger partial charge in [-0.15, -0.1) is 10.2 Å². The van der Waals surface area contributed by atoms with Crippen molar-refractivity contribution in [1.82, 2.24) is 20.4 Å². The third-order valence-corrected chi connectivity index (χ3v) is 3.61. The van der Waals surface area contributed by atoms with Crippen LogP contribution in [0.15, 0.2) is 0 Å². The van der Waals surface area contributed by atoms with Gasteiger partial charge in [0.2, 0.25) is 11.0 Å². The number of carbonyl (C=O) groups excluding carboxylic acids is 2. The van der Waals surface area contributed by atoms with Gasteiger partial charge in [0.1, 0.15) is 5.01 Å². The number of nitrogens with zero attached hydrogens (tertiary/aromatic N) is 3. The van der Waals surface area contributed by atoms with Gasteiger partial charge in [-0.25, -0.2) is 4.79 Å². The summed E-state index contributed by atoms with van der Waals surface area (Å²) in [6.07, 6.45) is 3.26. The van der Waals surface area contributed by atoms with E-state index in [1.165, 1.54) is 17.8 Å². The zero-order valence-corrected chi connectivity index (χ0v) is 11.6. The number of aromatic nitrogens is 2. The molecule has 1 aliphatic rings.